The highest BCUT2D eigenvalue weighted by molar-refractivity contribution is 5.41. The predicted octanol–water partition coefficient (Wildman–Crippen LogP) is 1.78. The quantitative estimate of drug-likeness (QED) is 0.655. The van der Waals surface area contributed by atoms with Gasteiger partial charge in [-0.15, -0.1) is 0 Å². The predicted molar refractivity (Wildman–Crippen MR) is 62.5 cm³/mol. The van der Waals surface area contributed by atoms with E-state index in [1.807, 2.05) is 24.3 Å². The van der Waals surface area contributed by atoms with E-state index in [1.54, 1.807) is 12.5 Å². The van der Waals surface area contributed by atoms with Gasteiger partial charge in [0.2, 0.25) is 0 Å². The molecule has 2 nitrogen and oxygen atoms in total. The first-order chi connectivity index (χ1) is 7.93. The molecule has 0 spiro atoms. The van der Waals surface area contributed by atoms with Gasteiger partial charge in [-0.2, -0.15) is 0 Å². The standard InChI is InChI=1S/C14H12O2/c1-3-7-13-11(5-1)9-15-14-8-4-2-6-12(14)10-16-13/h1-4,7-10H,5-6H2. The van der Waals surface area contributed by atoms with Crippen molar-refractivity contribution in [3.63, 3.8) is 0 Å². The van der Waals surface area contributed by atoms with Crippen LogP contribution in [0.5, 0.6) is 0 Å². The molecular weight excluding hydrogens is 200 g/mol. The Kier molecular flexibility index (Phi) is 2.26. The Morgan fingerprint density at radius 1 is 0.750 bits per heavy atom. The van der Waals surface area contributed by atoms with Crippen LogP contribution in [0.1, 0.15) is 11.1 Å². The van der Waals surface area contributed by atoms with Gasteiger partial charge >= 0.3 is 0 Å². The Labute approximate surface area is 93.2 Å². The minimum Gasteiger partial charge on any atom is -0.464 e. The normalized spacial score (nSPS) is 15.5. The second kappa shape index (κ2) is 3.89. The van der Waals surface area contributed by atoms with Crippen molar-refractivity contribution in [3.05, 3.63) is 58.8 Å². The van der Waals surface area contributed by atoms with Crippen molar-refractivity contribution in [2.45, 2.75) is 12.8 Å². The average molecular weight is 212 g/mol. The van der Waals surface area contributed by atoms with Crippen LogP contribution in [0.2, 0.25) is 0 Å². The Balaban J connectivity index is 2.32. The van der Waals surface area contributed by atoms with Crippen LogP contribution in [0, 0.1) is 0 Å². The van der Waals surface area contributed by atoms with Gasteiger partial charge in [0.25, 0.3) is 0 Å². The summed E-state index contributed by atoms with van der Waals surface area (Å²) in [4.78, 5) is 0. The molecule has 16 heavy (non-hydrogen) atoms. The molecule has 1 heterocycles. The lowest BCUT2D eigenvalue weighted by Gasteiger charge is -2.02. The van der Waals surface area contributed by atoms with Gasteiger partial charge < -0.3 is 8.83 Å². The summed E-state index contributed by atoms with van der Waals surface area (Å²) < 4.78 is 11.4. The van der Waals surface area contributed by atoms with Gasteiger partial charge in [0.1, 0.15) is 10.8 Å². The van der Waals surface area contributed by atoms with Crippen molar-refractivity contribution >= 4 is 12.2 Å². The summed E-state index contributed by atoms with van der Waals surface area (Å²) in [5.41, 5.74) is 3.91. The summed E-state index contributed by atoms with van der Waals surface area (Å²) in [6, 6.07) is 0. The fourth-order valence-corrected chi connectivity index (χ4v) is 1.83. The Morgan fingerprint density at radius 3 is 1.75 bits per heavy atom. The molecule has 0 amide bonds. The topological polar surface area (TPSA) is 26.3 Å². The van der Waals surface area contributed by atoms with Gasteiger partial charge in [-0.25, -0.2) is 0 Å². The average Bonchev–Trinajstić information content (AvgIpc) is 2.32. The zero-order valence-corrected chi connectivity index (χ0v) is 8.85. The fourth-order valence-electron chi connectivity index (χ4n) is 1.83. The van der Waals surface area contributed by atoms with Gasteiger partial charge in [0, 0.05) is 11.1 Å². The van der Waals surface area contributed by atoms with Crippen LogP contribution in [0.3, 0.4) is 0 Å². The third-order valence-corrected chi connectivity index (χ3v) is 2.73. The minimum absolute atomic E-state index is 0.859. The summed E-state index contributed by atoms with van der Waals surface area (Å²) >= 11 is 0. The molecule has 0 bridgehead atoms. The van der Waals surface area contributed by atoms with Crippen molar-refractivity contribution in [3.8, 4) is 0 Å². The highest BCUT2D eigenvalue weighted by Gasteiger charge is 2.01. The highest BCUT2D eigenvalue weighted by Crippen LogP contribution is 2.01. The van der Waals surface area contributed by atoms with Crippen LogP contribution in [-0.4, -0.2) is 0 Å². The zero-order chi connectivity index (χ0) is 10.8. The van der Waals surface area contributed by atoms with E-state index in [-0.39, 0.29) is 0 Å². The smallest absolute Gasteiger partial charge is 0.133 e. The maximum Gasteiger partial charge on any atom is 0.133 e. The first-order valence-corrected chi connectivity index (χ1v) is 5.39. The summed E-state index contributed by atoms with van der Waals surface area (Å²) in [6.07, 6.45) is 17.4. The van der Waals surface area contributed by atoms with Crippen LogP contribution >= 0.6 is 0 Å². The summed E-state index contributed by atoms with van der Waals surface area (Å²) in [7, 11) is 0. The number of rotatable bonds is 0. The van der Waals surface area contributed by atoms with Crippen LogP contribution < -0.4 is 10.8 Å². The lowest BCUT2D eigenvalue weighted by atomic mass is 10.1. The number of fused-ring (bicyclic) bond motifs is 2. The first kappa shape index (κ1) is 9.28. The molecular formula is C14H12O2. The van der Waals surface area contributed by atoms with E-state index < -0.39 is 0 Å². The molecule has 0 unspecified atom stereocenters. The van der Waals surface area contributed by atoms with Gasteiger partial charge in [0.05, 0.1) is 12.5 Å². The largest absolute Gasteiger partial charge is 0.464 e. The monoisotopic (exact) mass is 212 g/mol. The Hall–Kier alpha value is -1.96. The van der Waals surface area contributed by atoms with E-state index in [2.05, 4.69) is 12.2 Å². The van der Waals surface area contributed by atoms with Crippen LogP contribution in [0.4, 0.5) is 0 Å². The van der Waals surface area contributed by atoms with E-state index in [9.17, 15) is 0 Å². The van der Waals surface area contributed by atoms with Gasteiger partial charge in [-0.05, 0) is 25.0 Å². The van der Waals surface area contributed by atoms with Crippen molar-refractivity contribution in [1.29, 1.82) is 0 Å². The molecule has 2 aliphatic carbocycles. The zero-order valence-electron chi connectivity index (χ0n) is 8.85. The number of hydrogen-bond acceptors (Lipinski definition) is 2. The van der Waals surface area contributed by atoms with Crippen LogP contribution in [-0.2, 0) is 12.8 Å². The van der Waals surface area contributed by atoms with E-state index in [0.717, 1.165) is 34.8 Å². The molecule has 0 saturated heterocycles. The van der Waals surface area contributed by atoms with Crippen molar-refractivity contribution < 1.29 is 8.83 Å². The fraction of sp³-hybridized carbons (Fsp3) is 0.143. The summed E-state index contributed by atoms with van der Waals surface area (Å²) in [6.45, 7) is 0. The molecule has 80 valence electrons. The maximum atomic E-state index is 5.68. The lowest BCUT2D eigenvalue weighted by Crippen LogP contribution is -2.13. The molecule has 0 N–H and O–H groups in total. The summed E-state index contributed by atoms with van der Waals surface area (Å²) in [5.74, 6) is 0. The molecule has 0 aromatic carbocycles. The van der Waals surface area contributed by atoms with Crippen LogP contribution in [0.25, 0.3) is 12.2 Å². The van der Waals surface area contributed by atoms with Crippen molar-refractivity contribution in [2.75, 3.05) is 0 Å². The van der Waals surface area contributed by atoms with E-state index in [0.29, 0.717) is 0 Å². The summed E-state index contributed by atoms with van der Waals surface area (Å²) in [5, 5.41) is 0. The molecule has 0 saturated carbocycles. The van der Waals surface area contributed by atoms with E-state index in [1.165, 1.54) is 0 Å². The molecule has 1 aromatic heterocycles. The molecule has 0 atom stereocenters. The lowest BCUT2D eigenvalue weighted by molar-refractivity contribution is 0.460. The SMILES string of the molecule is C1=CCc2coc3c(coc2=C1)CC=CC=3. The first-order valence-electron chi connectivity index (χ1n) is 5.39. The number of allylic oxidation sites excluding steroid dienone is 4. The molecule has 0 fully saturated rings. The van der Waals surface area contributed by atoms with Gasteiger partial charge in [0.15, 0.2) is 0 Å². The minimum atomic E-state index is 0.859. The Bertz CT molecular complexity index is 565. The molecule has 0 radical (unpaired) electrons. The molecule has 0 aliphatic heterocycles. The third kappa shape index (κ3) is 1.63. The Morgan fingerprint density at radius 2 is 1.25 bits per heavy atom. The maximum absolute atomic E-state index is 5.68. The molecule has 2 heteroatoms. The van der Waals surface area contributed by atoms with Gasteiger partial charge in [-0.3, -0.25) is 0 Å². The van der Waals surface area contributed by atoms with Gasteiger partial charge in [-0.1, -0.05) is 24.3 Å². The second-order valence-corrected chi connectivity index (χ2v) is 3.85. The third-order valence-electron chi connectivity index (χ3n) is 2.73. The van der Waals surface area contributed by atoms with E-state index in [4.69, 9.17) is 8.83 Å². The van der Waals surface area contributed by atoms with Crippen molar-refractivity contribution in [2.24, 2.45) is 0 Å². The van der Waals surface area contributed by atoms with Crippen LogP contribution in [0.15, 0.2) is 45.7 Å². The molecule has 3 rings (SSSR count). The molecule has 1 aromatic rings. The number of hydrogen-bond donors (Lipinski definition) is 0. The second-order valence-electron chi connectivity index (χ2n) is 3.85. The van der Waals surface area contributed by atoms with E-state index >= 15 is 0 Å². The molecule has 2 aliphatic rings. The van der Waals surface area contributed by atoms with Crippen molar-refractivity contribution in [1.82, 2.24) is 0 Å². The highest BCUT2D eigenvalue weighted by atomic mass is 16.3.